The Hall–Kier alpha value is -1.37. The Morgan fingerprint density at radius 2 is 2.00 bits per heavy atom. The molecule has 1 heterocycles. The van der Waals surface area contributed by atoms with Gasteiger partial charge in [-0.25, -0.2) is 0 Å². The average Bonchev–Trinajstić information content (AvgIpc) is 2.37. The van der Waals surface area contributed by atoms with Crippen LogP contribution in [-0.2, 0) is 0 Å². The van der Waals surface area contributed by atoms with Crippen molar-refractivity contribution in [1.29, 1.82) is 5.26 Å². The van der Waals surface area contributed by atoms with E-state index in [2.05, 4.69) is 11.4 Å². The highest BCUT2D eigenvalue weighted by Crippen LogP contribution is 2.38. The standard InChI is InChI=1S/C14H18N2O/c1-10-8-16-13(11(2)14(10,17)9-15)12-6-4-3-5-7-12/h3-7,10-11,13,16-17H,8H2,1-2H3/t10-,11-,13-,14-/m0/s1. The molecule has 3 heteroatoms. The zero-order chi connectivity index (χ0) is 12.5. The van der Waals surface area contributed by atoms with E-state index in [1.807, 2.05) is 44.2 Å². The number of nitriles is 1. The van der Waals surface area contributed by atoms with Crippen molar-refractivity contribution >= 4 is 0 Å². The number of benzene rings is 1. The number of hydrogen-bond acceptors (Lipinski definition) is 3. The molecule has 0 radical (unpaired) electrons. The number of aliphatic hydroxyl groups is 1. The molecule has 0 saturated carbocycles. The molecule has 1 fully saturated rings. The molecule has 0 unspecified atom stereocenters. The molecule has 1 aliphatic rings. The van der Waals surface area contributed by atoms with Crippen molar-refractivity contribution in [3.8, 4) is 6.07 Å². The van der Waals surface area contributed by atoms with Crippen molar-refractivity contribution < 1.29 is 5.11 Å². The van der Waals surface area contributed by atoms with E-state index in [0.29, 0.717) is 6.54 Å². The largest absolute Gasteiger partial charge is 0.375 e. The smallest absolute Gasteiger partial charge is 0.159 e. The number of rotatable bonds is 1. The van der Waals surface area contributed by atoms with Crippen LogP contribution in [0.2, 0.25) is 0 Å². The normalized spacial score (nSPS) is 37.4. The van der Waals surface area contributed by atoms with Crippen LogP contribution in [0.4, 0.5) is 0 Å². The Bertz CT molecular complexity index is 426. The molecule has 2 N–H and O–H groups in total. The van der Waals surface area contributed by atoms with Crippen LogP contribution in [0.15, 0.2) is 30.3 Å². The summed E-state index contributed by atoms with van der Waals surface area (Å²) >= 11 is 0. The monoisotopic (exact) mass is 230 g/mol. The number of nitrogens with one attached hydrogen (secondary N) is 1. The lowest BCUT2D eigenvalue weighted by molar-refractivity contribution is -0.0446. The first kappa shape index (κ1) is 12.1. The van der Waals surface area contributed by atoms with Crippen molar-refractivity contribution in [1.82, 2.24) is 5.32 Å². The van der Waals surface area contributed by atoms with Gasteiger partial charge in [-0.2, -0.15) is 5.26 Å². The minimum atomic E-state index is -1.24. The lowest BCUT2D eigenvalue weighted by atomic mass is 9.71. The van der Waals surface area contributed by atoms with Gasteiger partial charge in [0.1, 0.15) is 0 Å². The van der Waals surface area contributed by atoms with E-state index >= 15 is 0 Å². The fraction of sp³-hybridized carbons (Fsp3) is 0.500. The summed E-state index contributed by atoms with van der Waals surface area (Å²) in [5.74, 6) is -0.180. The van der Waals surface area contributed by atoms with E-state index in [0.717, 1.165) is 5.56 Å². The molecule has 4 atom stereocenters. The van der Waals surface area contributed by atoms with Crippen LogP contribution in [0.25, 0.3) is 0 Å². The predicted octanol–water partition coefficient (Wildman–Crippen LogP) is 1.86. The molecule has 1 aromatic rings. The molecule has 0 aliphatic carbocycles. The summed E-state index contributed by atoms with van der Waals surface area (Å²) in [6, 6.07) is 12.1. The summed E-state index contributed by atoms with van der Waals surface area (Å²) in [5, 5.41) is 23.1. The van der Waals surface area contributed by atoms with E-state index in [1.54, 1.807) is 0 Å². The Morgan fingerprint density at radius 3 is 2.59 bits per heavy atom. The molecular formula is C14H18N2O. The first-order valence-electron chi connectivity index (χ1n) is 6.01. The third-order valence-electron chi connectivity index (χ3n) is 3.93. The SMILES string of the molecule is C[C@H]1CN[C@H](c2ccccc2)[C@H](C)[C@]1(O)C#N. The molecule has 17 heavy (non-hydrogen) atoms. The second kappa shape index (κ2) is 4.48. The third-order valence-corrected chi connectivity index (χ3v) is 3.93. The molecule has 90 valence electrons. The molecule has 0 amide bonds. The summed E-state index contributed by atoms with van der Waals surface area (Å²) in [4.78, 5) is 0. The maximum absolute atomic E-state index is 10.4. The topological polar surface area (TPSA) is 56.0 Å². The van der Waals surface area contributed by atoms with Gasteiger partial charge in [0, 0.05) is 24.4 Å². The minimum Gasteiger partial charge on any atom is -0.375 e. The van der Waals surface area contributed by atoms with Gasteiger partial charge >= 0.3 is 0 Å². The Morgan fingerprint density at radius 1 is 1.35 bits per heavy atom. The van der Waals surface area contributed by atoms with Gasteiger partial charge in [-0.15, -0.1) is 0 Å². The van der Waals surface area contributed by atoms with Crippen molar-refractivity contribution in [2.45, 2.75) is 25.5 Å². The Labute approximate surface area is 102 Å². The molecule has 0 aromatic heterocycles. The van der Waals surface area contributed by atoms with Gasteiger partial charge in [-0.05, 0) is 5.56 Å². The minimum absolute atomic E-state index is 0.0389. The van der Waals surface area contributed by atoms with Gasteiger partial charge < -0.3 is 10.4 Å². The van der Waals surface area contributed by atoms with E-state index in [-0.39, 0.29) is 17.9 Å². The molecule has 1 aliphatic heterocycles. The second-order valence-corrected chi connectivity index (χ2v) is 4.92. The van der Waals surface area contributed by atoms with Crippen LogP contribution in [0, 0.1) is 23.2 Å². The maximum atomic E-state index is 10.4. The predicted molar refractivity (Wildman–Crippen MR) is 66.1 cm³/mol. The summed E-state index contributed by atoms with van der Waals surface area (Å²) in [5.41, 5.74) is -0.119. The van der Waals surface area contributed by atoms with Crippen LogP contribution in [0.3, 0.4) is 0 Å². The third kappa shape index (κ3) is 1.95. The fourth-order valence-electron chi connectivity index (χ4n) is 2.62. The molecule has 0 spiro atoms. The first-order valence-corrected chi connectivity index (χ1v) is 6.01. The summed E-state index contributed by atoms with van der Waals surface area (Å²) in [7, 11) is 0. The zero-order valence-electron chi connectivity index (χ0n) is 10.2. The number of piperidine rings is 1. The van der Waals surface area contributed by atoms with Crippen molar-refractivity contribution in [2.24, 2.45) is 11.8 Å². The molecule has 1 saturated heterocycles. The molecule has 3 nitrogen and oxygen atoms in total. The van der Waals surface area contributed by atoms with Gasteiger partial charge in [-0.3, -0.25) is 0 Å². The van der Waals surface area contributed by atoms with E-state index in [4.69, 9.17) is 0 Å². The van der Waals surface area contributed by atoms with Crippen LogP contribution in [0.1, 0.15) is 25.5 Å². The maximum Gasteiger partial charge on any atom is 0.159 e. The quantitative estimate of drug-likeness (QED) is 0.724. The summed E-state index contributed by atoms with van der Waals surface area (Å²) in [6.45, 7) is 4.51. The van der Waals surface area contributed by atoms with E-state index in [1.165, 1.54) is 0 Å². The lowest BCUT2D eigenvalue weighted by Crippen LogP contribution is -2.55. The number of hydrogen-bond donors (Lipinski definition) is 2. The van der Waals surface area contributed by atoms with Gasteiger partial charge in [0.15, 0.2) is 5.60 Å². The average molecular weight is 230 g/mol. The molecule has 1 aromatic carbocycles. The summed E-state index contributed by atoms with van der Waals surface area (Å²) < 4.78 is 0. The zero-order valence-corrected chi connectivity index (χ0v) is 10.2. The van der Waals surface area contributed by atoms with Crippen LogP contribution >= 0.6 is 0 Å². The molecular weight excluding hydrogens is 212 g/mol. The van der Waals surface area contributed by atoms with Gasteiger partial charge in [-0.1, -0.05) is 44.2 Å². The van der Waals surface area contributed by atoms with Crippen LogP contribution in [-0.4, -0.2) is 17.3 Å². The highest BCUT2D eigenvalue weighted by molar-refractivity contribution is 5.24. The van der Waals surface area contributed by atoms with Crippen molar-refractivity contribution in [3.63, 3.8) is 0 Å². The highest BCUT2D eigenvalue weighted by atomic mass is 16.3. The van der Waals surface area contributed by atoms with E-state index in [9.17, 15) is 10.4 Å². The number of nitrogens with zero attached hydrogens (tertiary/aromatic N) is 1. The van der Waals surface area contributed by atoms with Crippen LogP contribution in [0.5, 0.6) is 0 Å². The van der Waals surface area contributed by atoms with Crippen molar-refractivity contribution in [2.75, 3.05) is 6.54 Å². The Balaban J connectivity index is 2.31. The van der Waals surface area contributed by atoms with E-state index < -0.39 is 5.60 Å². The second-order valence-electron chi connectivity index (χ2n) is 4.92. The van der Waals surface area contributed by atoms with Gasteiger partial charge in [0.05, 0.1) is 6.07 Å². The van der Waals surface area contributed by atoms with Gasteiger partial charge in [0.2, 0.25) is 0 Å². The Kier molecular flexibility index (Phi) is 3.19. The van der Waals surface area contributed by atoms with Crippen molar-refractivity contribution in [3.05, 3.63) is 35.9 Å². The highest BCUT2D eigenvalue weighted by Gasteiger charge is 2.47. The molecule has 0 bridgehead atoms. The van der Waals surface area contributed by atoms with Crippen LogP contribution < -0.4 is 5.32 Å². The lowest BCUT2D eigenvalue weighted by Gasteiger charge is -2.43. The summed E-state index contributed by atoms with van der Waals surface area (Å²) in [6.07, 6.45) is 0. The fourth-order valence-corrected chi connectivity index (χ4v) is 2.62. The van der Waals surface area contributed by atoms with Gasteiger partial charge in [0.25, 0.3) is 0 Å². The first-order chi connectivity index (χ1) is 8.09. The molecule has 2 rings (SSSR count).